The van der Waals surface area contributed by atoms with Crippen molar-refractivity contribution in [3.63, 3.8) is 0 Å². The highest BCUT2D eigenvalue weighted by Crippen LogP contribution is 2.40. The normalized spacial score (nSPS) is 17.8. The zero-order valence-corrected chi connectivity index (χ0v) is 29.8. The summed E-state index contributed by atoms with van der Waals surface area (Å²) < 4.78 is 5.08. The van der Waals surface area contributed by atoms with Crippen molar-refractivity contribution in [3.05, 3.63) is 60.2 Å². The van der Waals surface area contributed by atoms with Crippen molar-refractivity contribution in [3.8, 4) is 5.75 Å². The summed E-state index contributed by atoms with van der Waals surface area (Å²) in [7, 11) is 3.81. The van der Waals surface area contributed by atoms with Gasteiger partial charge in [0, 0.05) is 36.1 Å². The molecule has 1 aliphatic rings. The van der Waals surface area contributed by atoms with Gasteiger partial charge in [-0.1, -0.05) is 50.2 Å². The number of rotatable bonds is 13. The van der Waals surface area contributed by atoms with E-state index in [4.69, 9.17) is 4.74 Å². The average Bonchev–Trinajstić information content (AvgIpc) is 3.32. The molecule has 0 aliphatic carbocycles. The van der Waals surface area contributed by atoms with Crippen LogP contribution in [0.3, 0.4) is 0 Å². The molecule has 0 aromatic heterocycles. The second-order valence-corrected chi connectivity index (χ2v) is 15.6. The predicted molar refractivity (Wildman–Crippen MR) is 186 cm³/mol. The Balaban J connectivity index is 1.79. The number of anilines is 1. The molecule has 1 aliphatic heterocycles. The lowest BCUT2D eigenvalue weighted by Gasteiger charge is -2.35. The van der Waals surface area contributed by atoms with Crippen molar-refractivity contribution >= 4 is 41.1 Å². The molecule has 1 heterocycles. The van der Waals surface area contributed by atoms with E-state index in [9.17, 15) is 24.3 Å². The number of ether oxygens (including phenoxy) is 1. The van der Waals surface area contributed by atoms with Gasteiger partial charge in [0.1, 0.15) is 17.8 Å². The molecule has 47 heavy (non-hydrogen) atoms. The number of nitrogens with one attached hydrogen (secondary N) is 3. The Kier molecular flexibility index (Phi) is 12.7. The number of hydrogen-bond acceptors (Lipinski definition) is 8. The molecule has 1 fully saturated rings. The lowest BCUT2D eigenvalue weighted by Crippen LogP contribution is -2.61. The van der Waals surface area contributed by atoms with E-state index in [1.807, 2.05) is 102 Å². The van der Waals surface area contributed by atoms with Gasteiger partial charge in [-0.05, 0) is 64.7 Å². The Bertz CT molecular complexity index is 1390. The second kappa shape index (κ2) is 15.9. The van der Waals surface area contributed by atoms with Gasteiger partial charge in [-0.25, -0.2) is 0 Å². The number of amides is 4. The molecule has 1 saturated heterocycles. The standard InChI is InChI=1S/C35H51N5O6S/c1-22(2)28(37-27(41)20-46-25-17-13-16-24(19-25)39(8)9)31(43)36-26(18-23-14-11-10-12-15-23)29(42)33(45)40-21-47-35(6,7)30(40)32(44)38-34(3,4)5/h10-17,19,22,26,28-30,42H,18,20-21H2,1-9H3,(H,36,43)(H,37,41)(H,38,44)/t26-,28-,29-,30-/m0/s1. The van der Waals surface area contributed by atoms with Crippen molar-refractivity contribution in [1.82, 2.24) is 20.9 Å². The Morgan fingerprint density at radius 3 is 2.30 bits per heavy atom. The van der Waals surface area contributed by atoms with E-state index in [1.54, 1.807) is 19.9 Å². The molecule has 0 radical (unpaired) electrons. The molecule has 2 aromatic carbocycles. The molecule has 0 spiro atoms. The van der Waals surface area contributed by atoms with E-state index in [-0.39, 0.29) is 30.7 Å². The molecule has 4 N–H and O–H groups in total. The van der Waals surface area contributed by atoms with Gasteiger partial charge in [-0.3, -0.25) is 19.2 Å². The first-order chi connectivity index (χ1) is 21.9. The lowest BCUT2D eigenvalue weighted by atomic mass is 9.95. The largest absolute Gasteiger partial charge is 0.484 e. The monoisotopic (exact) mass is 669 g/mol. The second-order valence-electron chi connectivity index (χ2n) is 14.0. The van der Waals surface area contributed by atoms with Crippen LogP contribution in [0.25, 0.3) is 0 Å². The fraction of sp³-hybridized carbons (Fsp3) is 0.543. The summed E-state index contributed by atoms with van der Waals surface area (Å²) in [6, 6.07) is 13.7. The molecule has 3 rings (SSSR count). The molecule has 258 valence electrons. The molecule has 2 aromatic rings. The first kappa shape index (κ1) is 37.7. The topological polar surface area (TPSA) is 140 Å². The Labute approximate surface area is 283 Å². The molecule has 0 bridgehead atoms. The number of aliphatic hydroxyl groups excluding tert-OH is 1. The fourth-order valence-corrected chi connectivity index (χ4v) is 6.47. The average molecular weight is 670 g/mol. The maximum Gasteiger partial charge on any atom is 0.258 e. The lowest BCUT2D eigenvalue weighted by molar-refractivity contribution is -0.148. The van der Waals surface area contributed by atoms with E-state index in [1.165, 1.54) is 16.7 Å². The smallest absolute Gasteiger partial charge is 0.258 e. The Hall–Kier alpha value is -3.77. The summed E-state index contributed by atoms with van der Waals surface area (Å²) in [4.78, 5) is 57.3. The number of thioether (sulfide) groups is 1. The minimum Gasteiger partial charge on any atom is -0.484 e. The van der Waals surface area contributed by atoms with Crippen LogP contribution in [0.15, 0.2) is 54.6 Å². The minimum absolute atomic E-state index is 0.146. The molecule has 0 unspecified atom stereocenters. The zero-order chi connectivity index (χ0) is 35.1. The quantitative estimate of drug-likeness (QED) is 0.255. The van der Waals surface area contributed by atoms with Gasteiger partial charge in [0.2, 0.25) is 11.8 Å². The highest BCUT2D eigenvalue weighted by Gasteiger charge is 2.50. The van der Waals surface area contributed by atoms with Crippen LogP contribution in [0.1, 0.15) is 54.0 Å². The zero-order valence-electron chi connectivity index (χ0n) is 29.0. The molecular weight excluding hydrogens is 618 g/mol. The van der Waals surface area contributed by atoms with Gasteiger partial charge in [0.25, 0.3) is 11.8 Å². The third kappa shape index (κ3) is 10.6. The van der Waals surface area contributed by atoms with Crippen LogP contribution in [0.5, 0.6) is 5.75 Å². The Morgan fingerprint density at radius 1 is 1.04 bits per heavy atom. The summed E-state index contributed by atoms with van der Waals surface area (Å²) in [6.45, 7) is 12.7. The van der Waals surface area contributed by atoms with E-state index in [0.717, 1.165) is 11.3 Å². The summed E-state index contributed by atoms with van der Waals surface area (Å²) in [5, 5.41) is 20.1. The van der Waals surface area contributed by atoms with Crippen molar-refractivity contribution in [2.45, 2.75) is 89.4 Å². The highest BCUT2D eigenvalue weighted by molar-refractivity contribution is 8.00. The molecule has 12 heteroatoms. The molecule has 4 amide bonds. The first-order valence-corrected chi connectivity index (χ1v) is 16.9. The number of nitrogens with zero attached hydrogens (tertiary/aromatic N) is 2. The van der Waals surface area contributed by atoms with Gasteiger partial charge in [-0.2, -0.15) is 0 Å². The summed E-state index contributed by atoms with van der Waals surface area (Å²) in [5.41, 5.74) is 1.19. The fourth-order valence-electron chi connectivity index (χ4n) is 5.33. The van der Waals surface area contributed by atoms with Crippen LogP contribution in [0, 0.1) is 5.92 Å². The van der Waals surface area contributed by atoms with Gasteiger partial charge in [-0.15, -0.1) is 11.8 Å². The predicted octanol–water partition coefficient (Wildman–Crippen LogP) is 2.96. The maximum absolute atomic E-state index is 13.9. The third-order valence-electron chi connectivity index (χ3n) is 7.81. The SMILES string of the molecule is CC(C)[C@H](NC(=O)COc1cccc(N(C)C)c1)C(=O)N[C@@H](Cc1ccccc1)[C@H](O)C(=O)N1CSC(C)(C)[C@@H]1C(=O)NC(C)(C)C. The van der Waals surface area contributed by atoms with E-state index in [2.05, 4.69) is 16.0 Å². The van der Waals surface area contributed by atoms with Crippen LogP contribution in [0.4, 0.5) is 5.69 Å². The van der Waals surface area contributed by atoms with Crippen molar-refractivity contribution in [2.75, 3.05) is 31.5 Å². The van der Waals surface area contributed by atoms with Crippen LogP contribution >= 0.6 is 11.8 Å². The number of benzene rings is 2. The van der Waals surface area contributed by atoms with Gasteiger partial charge in [0.15, 0.2) is 12.7 Å². The Morgan fingerprint density at radius 2 is 1.70 bits per heavy atom. The van der Waals surface area contributed by atoms with E-state index < -0.39 is 52.2 Å². The van der Waals surface area contributed by atoms with E-state index >= 15 is 0 Å². The molecule has 11 nitrogen and oxygen atoms in total. The van der Waals surface area contributed by atoms with Gasteiger partial charge in [0.05, 0.1) is 11.9 Å². The van der Waals surface area contributed by atoms with Gasteiger partial charge < -0.3 is 35.6 Å². The number of carbonyl (C=O) groups excluding carboxylic acids is 4. The van der Waals surface area contributed by atoms with Crippen LogP contribution in [-0.4, -0.2) is 94.7 Å². The number of hydrogen-bond donors (Lipinski definition) is 4. The van der Waals surface area contributed by atoms with Crippen molar-refractivity contribution in [1.29, 1.82) is 0 Å². The van der Waals surface area contributed by atoms with E-state index in [0.29, 0.717) is 5.75 Å². The highest BCUT2D eigenvalue weighted by atomic mass is 32.2. The number of aliphatic hydroxyl groups is 1. The molecular formula is C35H51N5O6S. The van der Waals surface area contributed by atoms with Crippen molar-refractivity contribution < 1.29 is 29.0 Å². The van der Waals surface area contributed by atoms with Crippen molar-refractivity contribution in [2.24, 2.45) is 5.92 Å². The molecule has 4 atom stereocenters. The third-order valence-corrected chi connectivity index (χ3v) is 9.18. The summed E-state index contributed by atoms with van der Waals surface area (Å²) in [6.07, 6.45) is -1.51. The number of carbonyl (C=O) groups is 4. The van der Waals surface area contributed by atoms with Crippen LogP contribution in [0.2, 0.25) is 0 Å². The van der Waals surface area contributed by atoms with Gasteiger partial charge >= 0.3 is 0 Å². The first-order valence-electron chi connectivity index (χ1n) is 15.9. The van der Waals surface area contributed by atoms with Crippen LogP contribution < -0.4 is 25.6 Å². The minimum atomic E-state index is -1.66. The maximum atomic E-state index is 13.9. The summed E-state index contributed by atoms with van der Waals surface area (Å²) >= 11 is 1.45. The summed E-state index contributed by atoms with van der Waals surface area (Å²) in [5.74, 6) is -1.60. The van der Waals surface area contributed by atoms with Crippen LogP contribution in [-0.2, 0) is 25.6 Å². The molecule has 0 saturated carbocycles.